The first-order chi connectivity index (χ1) is 18.7. The summed E-state index contributed by atoms with van der Waals surface area (Å²) in [4.78, 5) is 40.7. The summed E-state index contributed by atoms with van der Waals surface area (Å²) in [5, 5.41) is 12.7. The summed E-state index contributed by atoms with van der Waals surface area (Å²) in [6.45, 7) is 5.49. The Bertz CT molecular complexity index is 1030. The molecule has 1 aliphatic rings. The maximum atomic E-state index is 12.8. The standard InChI is InChI=1S/C20H28N2O5.C10H15NO/c1-4-17(23)22(16-8-6-5-7-9-16)20(19(25)27-3)11-14-21(15-12-20)13-10-18(24)26-2;1-8(11-2)10(12)9-6-4-3-5-7-9/h5-9H,4,10-15H2,1-3H3;3-8,10-12H,1-2H3. The van der Waals surface area contributed by atoms with Gasteiger partial charge in [0.05, 0.1) is 26.7 Å². The van der Waals surface area contributed by atoms with E-state index in [-0.39, 0.29) is 17.9 Å². The number of amides is 1. The van der Waals surface area contributed by atoms with Crippen molar-refractivity contribution in [2.24, 2.45) is 0 Å². The van der Waals surface area contributed by atoms with Crippen molar-refractivity contribution in [1.82, 2.24) is 10.2 Å². The number of carbonyl (C=O) groups excluding carboxylic acids is 3. The molecule has 9 nitrogen and oxygen atoms in total. The molecule has 1 saturated heterocycles. The number of para-hydroxylation sites is 1. The Kier molecular flexibility index (Phi) is 13.1. The lowest BCUT2D eigenvalue weighted by Crippen LogP contribution is -2.62. The molecule has 0 radical (unpaired) electrons. The Morgan fingerprint density at radius 3 is 2.05 bits per heavy atom. The van der Waals surface area contributed by atoms with Gasteiger partial charge in [0, 0.05) is 37.8 Å². The molecule has 214 valence electrons. The third-order valence-electron chi connectivity index (χ3n) is 7.17. The van der Waals surface area contributed by atoms with E-state index >= 15 is 0 Å². The third kappa shape index (κ3) is 8.61. The number of likely N-dealkylation sites (tertiary alicyclic amines) is 1. The smallest absolute Gasteiger partial charge is 0.332 e. The summed E-state index contributed by atoms with van der Waals surface area (Å²) in [6, 6.07) is 19.0. The minimum absolute atomic E-state index is 0.0902. The molecular formula is C30H43N3O6. The number of nitrogens with one attached hydrogen (secondary N) is 1. The average molecular weight is 542 g/mol. The predicted molar refractivity (Wildman–Crippen MR) is 151 cm³/mol. The third-order valence-corrected chi connectivity index (χ3v) is 7.17. The van der Waals surface area contributed by atoms with E-state index in [2.05, 4.69) is 15.0 Å². The van der Waals surface area contributed by atoms with Crippen molar-refractivity contribution in [2.45, 2.75) is 57.2 Å². The number of rotatable bonds is 10. The van der Waals surface area contributed by atoms with Gasteiger partial charge in [0.25, 0.3) is 0 Å². The zero-order valence-corrected chi connectivity index (χ0v) is 23.8. The van der Waals surface area contributed by atoms with Crippen molar-refractivity contribution in [3.8, 4) is 0 Å². The van der Waals surface area contributed by atoms with Gasteiger partial charge >= 0.3 is 11.9 Å². The second kappa shape index (κ2) is 16.0. The quantitative estimate of drug-likeness (QED) is 0.441. The molecule has 2 unspecified atom stereocenters. The van der Waals surface area contributed by atoms with Crippen molar-refractivity contribution in [1.29, 1.82) is 0 Å². The van der Waals surface area contributed by atoms with E-state index in [1.54, 1.807) is 11.8 Å². The van der Waals surface area contributed by atoms with E-state index in [0.717, 1.165) is 5.56 Å². The first-order valence-corrected chi connectivity index (χ1v) is 13.4. The molecule has 1 aliphatic heterocycles. The Morgan fingerprint density at radius 1 is 1.00 bits per heavy atom. The van der Waals surface area contributed by atoms with E-state index in [4.69, 9.17) is 4.74 Å². The lowest BCUT2D eigenvalue weighted by atomic mass is 9.84. The Hall–Kier alpha value is -3.27. The number of anilines is 1. The number of likely N-dealkylation sites (N-methyl/N-ethyl adjacent to an activating group) is 1. The van der Waals surface area contributed by atoms with E-state index < -0.39 is 17.6 Å². The molecule has 0 bridgehead atoms. The molecule has 0 aliphatic carbocycles. The Labute approximate surface area is 232 Å². The topological polar surface area (TPSA) is 108 Å². The number of aliphatic hydroxyl groups is 1. The SMILES string of the molecule is CCC(=O)N(c1ccccc1)C1(C(=O)OC)CCN(CCC(=O)OC)CC1.CNC(C)C(O)c1ccccc1. The van der Waals surface area contributed by atoms with Crippen molar-refractivity contribution >= 4 is 23.5 Å². The van der Waals surface area contributed by atoms with Crippen LogP contribution in [0.15, 0.2) is 60.7 Å². The molecular weight excluding hydrogens is 498 g/mol. The molecule has 0 spiro atoms. The lowest BCUT2D eigenvalue weighted by Gasteiger charge is -2.46. The summed E-state index contributed by atoms with van der Waals surface area (Å²) in [5.74, 6) is -0.776. The molecule has 0 aromatic heterocycles. The van der Waals surface area contributed by atoms with Crippen LogP contribution in [0.2, 0.25) is 0 Å². The van der Waals surface area contributed by atoms with Crippen molar-refractivity contribution in [3.05, 3.63) is 66.2 Å². The molecule has 39 heavy (non-hydrogen) atoms. The van der Waals surface area contributed by atoms with Gasteiger partial charge in [0.1, 0.15) is 5.54 Å². The first kappa shape index (κ1) is 31.9. The van der Waals surface area contributed by atoms with Crippen molar-refractivity contribution < 1.29 is 29.0 Å². The van der Waals surface area contributed by atoms with Crippen LogP contribution in [0.3, 0.4) is 0 Å². The maximum Gasteiger partial charge on any atom is 0.332 e. The number of nitrogens with zero attached hydrogens (tertiary/aromatic N) is 2. The van der Waals surface area contributed by atoms with Crippen LogP contribution in [0, 0.1) is 0 Å². The Balaban J connectivity index is 0.000000370. The lowest BCUT2D eigenvalue weighted by molar-refractivity contribution is -0.151. The summed E-state index contributed by atoms with van der Waals surface area (Å²) in [7, 11) is 4.57. The fourth-order valence-electron chi connectivity index (χ4n) is 4.67. The van der Waals surface area contributed by atoms with Gasteiger partial charge in [-0.05, 0) is 44.5 Å². The summed E-state index contributed by atoms with van der Waals surface area (Å²) in [6.07, 6.45) is 1.07. The van der Waals surface area contributed by atoms with Crippen molar-refractivity contribution in [2.75, 3.05) is 45.8 Å². The molecule has 2 aromatic carbocycles. The van der Waals surface area contributed by atoms with Crippen LogP contribution >= 0.6 is 0 Å². The van der Waals surface area contributed by atoms with Crippen LogP contribution in [0.5, 0.6) is 0 Å². The van der Waals surface area contributed by atoms with E-state index in [1.165, 1.54) is 14.2 Å². The molecule has 1 fully saturated rings. The van der Waals surface area contributed by atoms with Crippen LogP contribution in [0.4, 0.5) is 5.69 Å². The van der Waals surface area contributed by atoms with E-state index in [1.807, 2.05) is 74.6 Å². The van der Waals surface area contributed by atoms with Gasteiger partial charge < -0.3 is 24.8 Å². The molecule has 3 rings (SSSR count). The van der Waals surface area contributed by atoms with Gasteiger partial charge in [-0.25, -0.2) is 4.79 Å². The maximum absolute atomic E-state index is 12.8. The minimum Gasteiger partial charge on any atom is -0.469 e. The highest BCUT2D eigenvalue weighted by Crippen LogP contribution is 2.35. The highest BCUT2D eigenvalue weighted by molar-refractivity contribution is 6.02. The zero-order chi connectivity index (χ0) is 28.8. The number of benzene rings is 2. The second-order valence-electron chi connectivity index (χ2n) is 9.54. The molecule has 9 heteroatoms. The number of piperidine rings is 1. The molecule has 2 aromatic rings. The zero-order valence-electron chi connectivity index (χ0n) is 23.8. The molecule has 2 atom stereocenters. The number of hydrogen-bond acceptors (Lipinski definition) is 8. The molecule has 2 N–H and O–H groups in total. The number of esters is 2. The monoisotopic (exact) mass is 541 g/mol. The summed E-state index contributed by atoms with van der Waals surface area (Å²) >= 11 is 0. The Morgan fingerprint density at radius 2 is 1.56 bits per heavy atom. The van der Waals surface area contributed by atoms with Gasteiger partial charge in [0.15, 0.2) is 0 Å². The second-order valence-corrected chi connectivity index (χ2v) is 9.54. The normalized spacial score (nSPS) is 16.2. The highest BCUT2D eigenvalue weighted by Gasteiger charge is 2.49. The molecule has 0 saturated carbocycles. The summed E-state index contributed by atoms with van der Waals surface area (Å²) < 4.78 is 9.80. The first-order valence-electron chi connectivity index (χ1n) is 13.4. The van der Waals surface area contributed by atoms with Crippen LogP contribution in [-0.2, 0) is 23.9 Å². The van der Waals surface area contributed by atoms with Gasteiger partial charge in [-0.15, -0.1) is 0 Å². The number of hydrogen-bond donors (Lipinski definition) is 2. The minimum atomic E-state index is -1.04. The van der Waals surface area contributed by atoms with Gasteiger partial charge in [-0.1, -0.05) is 55.5 Å². The number of ether oxygens (including phenoxy) is 2. The summed E-state index contributed by atoms with van der Waals surface area (Å²) in [5.41, 5.74) is 0.613. The largest absolute Gasteiger partial charge is 0.469 e. The molecule has 1 heterocycles. The van der Waals surface area contributed by atoms with Gasteiger partial charge in [-0.2, -0.15) is 0 Å². The van der Waals surface area contributed by atoms with E-state index in [9.17, 15) is 19.5 Å². The predicted octanol–water partition coefficient (Wildman–Crippen LogP) is 3.33. The van der Waals surface area contributed by atoms with Crippen LogP contribution < -0.4 is 10.2 Å². The van der Waals surface area contributed by atoms with Crippen LogP contribution in [0.25, 0.3) is 0 Å². The number of aliphatic hydroxyl groups excluding tert-OH is 1. The van der Waals surface area contributed by atoms with Gasteiger partial charge in [-0.3, -0.25) is 14.5 Å². The van der Waals surface area contributed by atoms with Crippen molar-refractivity contribution in [3.63, 3.8) is 0 Å². The highest BCUT2D eigenvalue weighted by atomic mass is 16.5. The fourth-order valence-corrected chi connectivity index (χ4v) is 4.67. The average Bonchev–Trinajstić information content (AvgIpc) is 3.00. The number of carbonyl (C=O) groups is 3. The van der Waals surface area contributed by atoms with Crippen LogP contribution in [0.1, 0.15) is 51.2 Å². The van der Waals surface area contributed by atoms with Crippen LogP contribution in [-0.4, -0.2) is 80.3 Å². The molecule has 1 amide bonds. The van der Waals surface area contributed by atoms with E-state index in [0.29, 0.717) is 51.0 Å². The fraction of sp³-hybridized carbons (Fsp3) is 0.500. The number of methoxy groups -OCH3 is 2. The van der Waals surface area contributed by atoms with Gasteiger partial charge in [0.2, 0.25) is 5.91 Å².